The molecule has 0 spiro atoms. The predicted octanol–water partition coefficient (Wildman–Crippen LogP) is 1.65. The molecule has 1 aromatic carbocycles. The summed E-state index contributed by atoms with van der Waals surface area (Å²) in [6.07, 6.45) is 3.11. The second-order valence-corrected chi connectivity index (χ2v) is 4.43. The number of benzene rings is 1. The number of aromatic nitrogens is 1. The van der Waals surface area contributed by atoms with Crippen molar-refractivity contribution >= 4 is 17.3 Å². The molecule has 2 rings (SSSR count). The number of rotatable bonds is 5. The third-order valence-electron chi connectivity index (χ3n) is 2.93. The highest BCUT2D eigenvalue weighted by Gasteiger charge is 2.09. The summed E-state index contributed by atoms with van der Waals surface area (Å²) in [7, 11) is 1.85. The van der Waals surface area contributed by atoms with E-state index in [9.17, 15) is 9.90 Å². The summed E-state index contributed by atoms with van der Waals surface area (Å²) in [5, 5.41) is 12.0. The summed E-state index contributed by atoms with van der Waals surface area (Å²) in [5.41, 5.74) is 2.16. The van der Waals surface area contributed by atoms with Crippen molar-refractivity contribution in [1.29, 1.82) is 0 Å². The zero-order chi connectivity index (χ0) is 14.4. The van der Waals surface area contributed by atoms with Crippen molar-refractivity contribution in [2.24, 2.45) is 0 Å². The number of nitrogens with one attached hydrogen (secondary N) is 1. The Hall–Kier alpha value is -2.40. The van der Waals surface area contributed by atoms with E-state index >= 15 is 0 Å². The second-order valence-electron chi connectivity index (χ2n) is 4.43. The number of carbonyl (C=O) groups excluding carboxylic acids is 1. The van der Waals surface area contributed by atoms with Crippen LogP contribution in [0.2, 0.25) is 0 Å². The average molecular weight is 271 g/mol. The largest absolute Gasteiger partial charge is 0.392 e. The smallest absolute Gasteiger partial charge is 0.243 e. The molecule has 5 nitrogen and oxygen atoms in total. The van der Waals surface area contributed by atoms with E-state index in [1.165, 1.54) is 6.20 Å². The van der Waals surface area contributed by atoms with Crippen LogP contribution >= 0.6 is 0 Å². The van der Waals surface area contributed by atoms with Crippen molar-refractivity contribution in [3.63, 3.8) is 0 Å². The average Bonchev–Trinajstić information content (AvgIpc) is 2.48. The van der Waals surface area contributed by atoms with Gasteiger partial charge in [0.1, 0.15) is 0 Å². The highest BCUT2D eigenvalue weighted by Crippen LogP contribution is 2.14. The Morgan fingerprint density at radius 3 is 2.75 bits per heavy atom. The van der Waals surface area contributed by atoms with Gasteiger partial charge in [-0.15, -0.1) is 0 Å². The molecule has 1 amide bonds. The first-order valence-corrected chi connectivity index (χ1v) is 6.30. The standard InChI is InChI=1S/C15H17N3O2/c1-18(13-5-3-2-4-6-13)10-15(20)17-14-9-16-8-7-12(14)11-19/h2-9,19H,10-11H2,1H3,(H,17,20). The monoisotopic (exact) mass is 271 g/mol. The molecule has 0 unspecified atom stereocenters. The van der Waals surface area contributed by atoms with E-state index in [4.69, 9.17) is 0 Å². The minimum Gasteiger partial charge on any atom is -0.392 e. The SMILES string of the molecule is CN(CC(=O)Nc1cnccc1CO)c1ccccc1. The number of aliphatic hydroxyl groups is 1. The van der Waals surface area contributed by atoms with Crippen molar-refractivity contribution in [3.05, 3.63) is 54.4 Å². The minimum absolute atomic E-state index is 0.132. The van der Waals surface area contributed by atoms with Crippen LogP contribution in [0.3, 0.4) is 0 Å². The molecular weight excluding hydrogens is 254 g/mol. The van der Waals surface area contributed by atoms with Crippen LogP contribution in [0, 0.1) is 0 Å². The van der Waals surface area contributed by atoms with Gasteiger partial charge in [-0.1, -0.05) is 18.2 Å². The van der Waals surface area contributed by atoms with Crippen molar-refractivity contribution in [3.8, 4) is 0 Å². The fourth-order valence-electron chi connectivity index (χ4n) is 1.85. The van der Waals surface area contributed by atoms with Crippen LogP contribution in [0.25, 0.3) is 0 Å². The number of amides is 1. The zero-order valence-electron chi connectivity index (χ0n) is 11.3. The molecule has 1 heterocycles. The van der Waals surface area contributed by atoms with Crippen LogP contribution in [-0.2, 0) is 11.4 Å². The second kappa shape index (κ2) is 6.68. The highest BCUT2D eigenvalue weighted by atomic mass is 16.3. The summed E-state index contributed by atoms with van der Waals surface area (Å²) in [6.45, 7) is 0.0937. The van der Waals surface area contributed by atoms with Crippen LogP contribution in [-0.4, -0.2) is 29.6 Å². The number of aliphatic hydroxyl groups excluding tert-OH is 1. The van der Waals surface area contributed by atoms with Crippen molar-refractivity contribution in [1.82, 2.24) is 4.98 Å². The lowest BCUT2D eigenvalue weighted by molar-refractivity contribution is -0.114. The maximum Gasteiger partial charge on any atom is 0.243 e. The zero-order valence-corrected chi connectivity index (χ0v) is 11.3. The number of hydrogen-bond donors (Lipinski definition) is 2. The van der Waals surface area contributed by atoms with Gasteiger partial charge >= 0.3 is 0 Å². The number of anilines is 2. The van der Waals surface area contributed by atoms with Gasteiger partial charge < -0.3 is 15.3 Å². The first-order valence-electron chi connectivity index (χ1n) is 6.30. The molecule has 2 aromatic rings. The summed E-state index contributed by atoms with van der Waals surface area (Å²) in [6, 6.07) is 11.3. The molecule has 0 aliphatic rings. The first-order chi connectivity index (χ1) is 9.70. The third kappa shape index (κ3) is 3.55. The fourth-order valence-corrected chi connectivity index (χ4v) is 1.85. The Balaban J connectivity index is 1.99. The van der Waals surface area contributed by atoms with Crippen molar-refractivity contribution in [2.75, 3.05) is 23.8 Å². The maximum atomic E-state index is 12.0. The lowest BCUT2D eigenvalue weighted by Gasteiger charge is -2.19. The van der Waals surface area contributed by atoms with Gasteiger partial charge in [-0.05, 0) is 18.2 Å². The Morgan fingerprint density at radius 2 is 2.05 bits per heavy atom. The predicted molar refractivity (Wildman–Crippen MR) is 78.5 cm³/mol. The topological polar surface area (TPSA) is 65.5 Å². The van der Waals surface area contributed by atoms with Crippen LogP contribution in [0.5, 0.6) is 0 Å². The summed E-state index contributed by atoms with van der Waals surface area (Å²) >= 11 is 0. The molecule has 5 heteroatoms. The van der Waals surface area contributed by atoms with E-state index in [-0.39, 0.29) is 19.1 Å². The highest BCUT2D eigenvalue weighted by molar-refractivity contribution is 5.94. The number of para-hydroxylation sites is 1. The molecule has 0 radical (unpaired) electrons. The number of likely N-dealkylation sites (N-methyl/N-ethyl adjacent to an activating group) is 1. The van der Waals surface area contributed by atoms with Gasteiger partial charge in [-0.2, -0.15) is 0 Å². The molecule has 0 saturated heterocycles. The summed E-state index contributed by atoms with van der Waals surface area (Å²) in [4.78, 5) is 17.8. The molecule has 1 aromatic heterocycles. The Kier molecular flexibility index (Phi) is 4.68. The Morgan fingerprint density at radius 1 is 1.30 bits per heavy atom. The number of nitrogens with zero attached hydrogens (tertiary/aromatic N) is 2. The molecule has 0 fully saturated rings. The van der Waals surface area contributed by atoms with E-state index in [0.29, 0.717) is 11.3 Å². The van der Waals surface area contributed by atoms with Crippen molar-refractivity contribution < 1.29 is 9.90 Å². The van der Waals surface area contributed by atoms with Crippen LogP contribution in [0.1, 0.15) is 5.56 Å². The molecule has 104 valence electrons. The van der Waals surface area contributed by atoms with E-state index in [2.05, 4.69) is 10.3 Å². The fraction of sp³-hybridized carbons (Fsp3) is 0.200. The van der Waals surface area contributed by atoms with Gasteiger partial charge in [0.05, 0.1) is 25.0 Å². The van der Waals surface area contributed by atoms with Crippen LogP contribution in [0.4, 0.5) is 11.4 Å². The lowest BCUT2D eigenvalue weighted by atomic mass is 10.2. The van der Waals surface area contributed by atoms with E-state index in [1.807, 2.05) is 42.3 Å². The van der Waals surface area contributed by atoms with Crippen LogP contribution < -0.4 is 10.2 Å². The molecule has 0 aliphatic carbocycles. The molecule has 0 atom stereocenters. The van der Waals surface area contributed by atoms with Gasteiger partial charge in [0.25, 0.3) is 0 Å². The Labute approximate surface area is 117 Å². The third-order valence-corrected chi connectivity index (χ3v) is 2.93. The minimum atomic E-state index is -0.154. The molecule has 0 aliphatic heterocycles. The molecule has 0 saturated carbocycles. The van der Waals surface area contributed by atoms with Gasteiger partial charge in [-0.25, -0.2) is 0 Å². The van der Waals surface area contributed by atoms with E-state index in [1.54, 1.807) is 12.3 Å². The molecule has 2 N–H and O–H groups in total. The van der Waals surface area contributed by atoms with Gasteiger partial charge in [0.2, 0.25) is 5.91 Å². The van der Waals surface area contributed by atoms with Gasteiger partial charge in [-0.3, -0.25) is 9.78 Å². The molecule has 20 heavy (non-hydrogen) atoms. The van der Waals surface area contributed by atoms with Crippen LogP contribution in [0.15, 0.2) is 48.8 Å². The summed E-state index contributed by atoms with van der Waals surface area (Å²) < 4.78 is 0. The number of pyridine rings is 1. The lowest BCUT2D eigenvalue weighted by Crippen LogP contribution is -2.30. The molecule has 0 bridgehead atoms. The summed E-state index contributed by atoms with van der Waals surface area (Å²) in [5.74, 6) is -0.154. The number of hydrogen-bond acceptors (Lipinski definition) is 4. The van der Waals surface area contributed by atoms with E-state index < -0.39 is 0 Å². The number of carbonyl (C=O) groups is 1. The van der Waals surface area contributed by atoms with Gasteiger partial charge in [0.15, 0.2) is 0 Å². The Bertz CT molecular complexity index is 572. The normalized spacial score (nSPS) is 10.1. The van der Waals surface area contributed by atoms with Gasteiger partial charge in [0, 0.05) is 24.5 Å². The molecular formula is C15H17N3O2. The maximum absolute atomic E-state index is 12.0. The quantitative estimate of drug-likeness (QED) is 0.868. The van der Waals surface area contributed by atoms with Crippen molar-refractivity contribution in [2.45, 2.75) is 6.61 Å². The van der Waals surface area contributed by atoms with E-state index in [0.717, 1.165) is 5.69 Å². The first kappa shape index (κ1) is 14.0.